The van der Waals surface area contributed by atoms with Gasteiger partial charge < -0.3 is 15.2 Å². The molecule has 2 unspecified atom stereocenters. The van der Waals surface area contributed by atoms with E-state index in [0.717, 1.165) is 6.42 Å². The van der Waals surface area contributed by atoms with E-state index >= 15 is 0 Å². The van der Waals surface area contributed by atoms with Gasteiger partial charge in [0.1, 0.15) is 5.60 Å². The van der Waals surface area contributed by atoms with Gasteiger partial charge in [-0.1, -0.05) is 0 Å². The molecule has 1 rings (SSSR count). The molecule has 0 amide bonds. The van der Waals surface area contributed by atoms with E-state index in [1.54, 1.807) is 0 Å². The van der Waals surface area contributed by atoms with Crippen molar-refractivity contribution in [2.45, 2.75) is 51.4 Å². The zero-order chi connectivity index (χ0) is 10.1. The van der Waals surface area contributed by atoms with Crippen molar-refractivity contribution in [3.63, 3.8) is 0 Å². The van der Waals surface area contributed by atoms with Gasteiger partial charge >= 0.3 is 0 Å². The first kappa shape index (κ1) is 11.0. The molecule has 3 nitrogen and oxygen atoms in total. The van der Waals surface area contributed by atoms with Crippen molar-refractivity contribution in [3.05, 3.63) is 0 Å². The molecule has 0 bridgehead atoms. The van der Waals surface area contributed by atoms with Crippen LogP contribution in [0.1, 0.15) is 34.1 Å². The Morgan fingerprint density at radius 3 is 2.54 bits per heavy atom. The van der Waals surface area contributed by atoms with Crippen molar-refractivity contribution >= 4 is 0 Å². The second-order valence-electron chi connectivity index (χ2n) is 4.97. The molecular weight excluding hydrogens is 166 g/mol. The zero-order valence-electron chi connectivity index (χ0n) is 9.05. The summed E-state index contributed by atoms with van der Waals surface area (Å²) in [6.07, 6.45) is 0.680. The Morgan fingerprint density at radius 2 is 2.15 bits per heavy atom. The van der Waals surface area contributed by atoms with Crippen molar-refractivity contribution in [3.8, 4) is 0 Å². The summed E-state index contributed by atoms with van der Waals surface area (Å²) in [5, 5.41) is 13.4. The summed E-state index contributed by atoms with van der Waals surface area (Å²) in [7, 11) is 0. The topological polar surface area (TPSA) is 41.5 Å². The molecule has 1 aliphatic rings. The lowest BCUT2D eigenvalue weighted by Crippen LogP contribution is -2.51. The molecule has 0 radical (unpaired) electrons. The van der Waals surface area contributed by atoms with Crippen molar-refractivity contribution < 1.29 is 9.84 Å². The highest BCUT2D eigenvalue weighted by Crippen LogP contribution is 2.25. The summed E-state index contributed by atoms with van der Waals surface area (Å²) in [6, 6.07) is 0. The van der Waals surface area contributed by atoms with Gasteiger partial charge in [0, 0.05) is 25.1 Å². The average Bonchev–Trinajstić information content (AvgIpc) is 2.29. The number of β-amino-alcohol motifs (C(OH)–C–C–N with tert-alkyl or cyclic N) is 1. The van der Waals surface area contributed by atoms with Crippen LogP contribution in [0.3, 0.4) is 0 Å². The number of hydrogen-bond donors (Lipinski definition) is 2. The van der Waals surface area contributed by atoms with Crippen molar-refractivity contribution in [1.82, 2.24) is 5.32 Å². The Balaban J connectivity index is 2.43. The second-order valence-corrected chi connectivity index (χ2v) is 4.97. The molecule has 78 valence electrons. The largest absolute Gasteiger partial charge is 0.386 e. The molecule has 1 saturated heterocycles. The van der Waals surface area contributed by atoms with Crippen LogP contribution in [0, 0.1) is 0 Å². The van der Waals surface area contributed by atoms with Crippen LogP contribution < -0.4 is 5.32 Å². The lowest BCUT2D eigenvalue weighted by atomic mass is 9.95. The third-order valence-corrected chi connectivity index (χ3v) is 2.58. The van der Waals surface area contributed by atoms with Gasteiger partial charge in [-0.3, -0.25) is 0 Å². The minimum Gasteiger partial charge on any atom is -0.386 e. The molecule has 3 heteroatoms. The monoisotopic (exact) mass is 187 g/mol. The summed E-state index contributed by atoms with van der Waals surface area (Å²) in [6.45, 7) is 9.49. The fourth-order valence-corrected chi connectivity index (χ4v) is 1.42. The molecule has 0 aliphatic carbocycles. The average molecular weight is 187 g/mol. The number of nitrogens with one attached hydrogen (secondary N) is 1. The van der Waals surface area contributed by atoms with Crippen LogP contribution in [0.15, 0.2) is 0 Å². The maximum Gasteiger partial charge on any atom is 0.105 e. The lowest BCUT2D eigenvalue weighted by molar-refractivity contribution is -0.0293. The summed E-state index contributed by atoms with van der Waals surface area (Å²) in [5.41, 5.74) is -0.620. The number of rotatable bonds is 2. The molecule has 0 aromatic carbocycles. The third kappa shape index (κ3) is 2.93. The summed E-state index contributed by atoms with van der Waals surface area (Å²) >= 11 is 0. The molecule has 1 heterocycles. The van der Waals surface area contributed by atoms with Gasteiger partial charge in [0.2, 0.25) is 0 Å². The van der Waals surface area contributed by atoms with Gasteiger partial charge in [-0.2, -0.15) is 0 Å². The Labute approximate surface area is 80.5 Å². The minimum atomic E-state index is -0.673. The number of ether oxygens (including phenoxy) is 1. The maximum absolute atomic E-state index is 10.1. The third-order valence-electron chi connectivity index (χ3n) is 2.58. The fourth-order valence-electron chi connectivity index (χ4n) is 1.42. The molecule has 0 aromatic rings. The van der Waals surface area contributed by atoms with Crippen LogP contribution in [0.5, 0.6) is 0 Å². The summed E-state index contributed by atoms with van der Waals surface area (Å²) < 4.78 is 5.34. The second kappa shape index (κ2) is 3.56. The van der Waals surface area contributed by atoms with Gasteiger partial charge in [-0.05, 0) is 27.7 Å². The molecule has 1 aliphatic heterocycles. The number of hydrogen-bond acceptors (Lipinski definition) is 3. The van der Waals surface area contributed by atoms with Crippen LogP contribution in [0.2, 0.25) is 0 Å². The maximum atomic E-state index is 10.1. The highest BCUT2D eigenvalue weighted by Gasteiger charge is 2.39. The first-order chi connectivity index (χ1) is 5.83. The zero-order valence-corrected chi connectivity index (χ0v) is 9.05. The van der Waals surface area contributed by atoms with Crippen molar-refractivity contribution in [2.24, 2.45) is 0 Å². The van der Waals surface area contributed by atoms with E-state index in [1.807, 2.05) is 6.92 Å². The van der Waals surface area contributed by atoms with Crippen LogP contribution in [0.25, 0.3) is 0 Å². The van der Waals surface area contributed by atoms with Gasteiger partial charge in [0.15, 0.2) is 0 Å². The van der Waals surface area contributed by atoms with Crippen LogP contribution in [-0.2, 0) is 4.74 Å². The summed E-state index contributed by atoms with van der Waals surface area (Å²) in [5.74, 6) is 0. The van der Waals surface area contributed by atoms with E-state index in [9.17, 15) is 5.11 Å². The molecule has 2 atom stereocenters. The predicted molar refractivity (Wildman–Crippen MR) is 52.7 cm³/mol. The highest BCUT2D eigenvalue weighted by atomic mass is 16.5. The lowest BCUT2D eigenvalue weighted by Gasteiger charge is -2.31. The Morgan fingerprint density at radius 1 is 1.54 bits per heavy atom. The van der Waals surface area contributed by atoms with E-state index in [-0.39, 0.29) is 11.6 Å². The SMILES string of the molecule is CC1OCCC1(O)CNC(C)(C)C. The predicted octanol–water partition coefficient (Wildman–Crippen LogP) is 0.914. The van der Waals surface area contributed by atoms with Crippen LogP contribution in [0.4, 0.5) is 0 Å². The summed E-state index contributed by atoms with van der Waals surface area (Å²) in [4.78, 5) is 0. The smallest absolute Gasteiger partial charge is 0.105 e. The van der Waals surface area contributed by atoms with Crippen molar-refractivity contribution in [1.29, 1.82) is 0 Å². The van der Waals surface area contributed by atoms with E-state index in [1.165, 1.54) is 0 Å². The Bertz CT molecular complexity index is 176. The standard InChI is InChI=1S/C10H21NO2/c1-8-10(12,5-6-13-8)7-11-9(2,3)4/h8,11-12H,5-7H2,1-4H3. The van der Waals surface area contributed by atoms with Crippen molar-refractivity contribution in [2.75, 3.05) is 13.2 Å². The molecule has 0 saturated carbocycles. The molecule has 0 spiro atoms. The van der Waals surface area contributed by atoms with E-state index in [4.69, 9.17) is 4.74 Å². The van der Waals surface area contributed by atoms with Gasteiger partial charge in [0.25, 0.3) is 0 Å². The van der Waals surface area contributed by atoms with Gasteiger partial charge in [0.05, 0.1) is 6.10 Å². The Kier molecular flexibility index (Phi) is 3.00. The first-order valence-corrected chi connectivity index (χ1v) is 4.92. The van der Waals surface area contributed by atoms with E-state index < -0.39 is 5.60 Å². The first-order valence-electron chi connectivity index (χ1n) is 4.92. The van der Waals surface area contributed by atoms with Crippen LogP contribution in [-0.4, -0.2) is 35.5 Å². The van der Waals surface area contributed by atoms with E-state index in [2.05, 4.69) is 26.1 Å². The normalized spacial score (nSPS) is 35.3. The number of aliphatic hydroxyl groups is 1. The molecular formula is C10H21NO2. The fraction of sp³-hybridized carbons (Fsp3) is 1.00. The van der Waals surface area contributed by atoms with Crippen LogP contribution >= 0.6 is 0 Å². The van der Waals surface area contributed by atoms with E-state index in [0.29, 0.717) is 13.2 Å². The molecule has 1 fully saturated rings. The minimum absolute atomic E-state index is 0.0534. The van der Waals surface area contributed by atoms with Gasteiger partial charge in [-0.25, -0.2) is 0 Å². The van der Waals surface area contributed by atoms with Gasteiger partial charge in [-0.15, -0.1) is 0 Å². The highest BCUT2D eigenvalue weighted by molar-refractivity contribution is 4.93. The molecule has 2 N–H and O–H groups in total. The Hall–Kier alpha value is -0.120. The molecule has 13 heavy (non-hydrogen) atoms. The molecule has 0 aromatic heterocycles. The quantitative estimate of drug-likeness (QED) is 0.675.